The van der Waals surface area contributed by atoms with Crippen molar-refractivity contribution in [1.29, 1.82) is 0 Å². The molecule has 0 aromatic heterocycles. The van der Waals surface area contributed by atoms with Gasteiger partial charge < -0.3 is 5.73 Å². The highest BCUT2D eigenvalue weighted by molar-refractivity contribution is 6.36. The first-order valence-electron chi connectivity index (χ1n) is 7.91. The summed E-state index contributed by atoms with van der Waals surface area (Å²) in [5, 5.41) is 13.2. The molecule has 0 bridgehead atoms. The van der Waals surface area contributed by atoms with Crippen molar-refractivity contribution in [2.24, 2.45) is 0 Å². The Morgan fingerprint density at radius 3 is 1.70 bits per heavy atom. The lowest BCUT2D eigenvalue weighted by molar-refractivity contribution is 1.77. The van der Waals surface area contributed by atoms with Crippen LogP contribution in [0.1, 0.15) is 0 Å². The zero-order valence-electron chi connectivity index (χ0n) is 12.4. The Morgan fingerprint density at radius 1 is 0.435 bits per heavy atom. The molecule has 6 aromatic rings. The zero-order chi connectivity index (χ0) is 15.1. The summed E-state index contributed by atoms with van der Waals surface area (Å²) in [4.78, 5) is 0. The molecule has 1 heteroatoms. The lowest BCUT2D eigenvalue weighted by atomic mass is 9.87. The first kappa shape index (κ1) is 11.5. The number of nitrogens with two attached hydrogens (primary N) is 1. The van der Waals surface area contributed by atoms with E-state index in [0.29, 0.717) is 0 Å². The Bertz CT molecular complexity index is 1360. The van der Waals surface area contributed by atoms with Gasteiger partial charge in [0.2, 0.25) is 0 Å². The number of benzene rings is 6. The van der Waals surface area contributed by atoms with Crippen molar-refractivity contribution >= 4 is 59.5 Å². The fourth-order valence-electron chi connectivity index (χ4n) is 4.31. The van der Waals surface area contributed by atoms with Crippen LogP contribution in [0.25, 0.3) is 53.9 Å². The monoisotopic (exact) mass is 291 g/mol. The van der Waals surface area contributed by atoms with Crippen molar-refractivity contribution in [2.45, 2.75) is 0 Å². The molecular weight excluding hydrogens is 278 g/mol. The summed E-state index contributed by atoms with van der Waals surface area (Å²) in [5.41, 5.74) is 6.93. The lowest BCUT2D eigenvalue weighted by Crippen LogP contribution is -1.91. The minimum atomic E-state index is 0.827. The van der Waals surface area contributed by atoms with Gasteiger partial charge in [0.25, 0.3) is 0 Å². The third kappa shape index (κ3) is 1.29. The van der Waals surface area contributed by atoms with Gasteiger partial charge in [-0.25, -0.2) is 0 Å². The summed E-state index contributed by atoms with van der Waals surface area (Å²) >= 11 is 0. The first-order valence-corrected chi connectivity index (χ1v) is 7.91. The molecule has 1 nitrogen and oxygen atoms in total. The topological polar surface area (TPSA) is 26.0 Å². The summed E-state index contributed by atoms with van der Waals surface area (Å²) in [7, 11) is 0. The van der Waals surface area contributed by atoms with Gasteiger partial charge in [-0.15, -0.1) is 0 Å². The maximum absolute atomic E-state index is 6.11. The van der Waals surface area contributed by atoms with Gasteiger partial charge in [-0.3, -0.25) is 0 Å². The van der Waals surface area contributed by atoms with Crippen molar-refractivity contribution in [3.63, 3.8) is 0 Å². The molecule has 0 aliphatic heterocycles. The first-order chi connectivity index (χ1) is 11.3. The molecule has 0 spiro atoms. The summed E-state index contributed by atoms with van der Waals surface area (Å²) in [5.74, 6) is 0. The van der Waals surface area contributed by atoms with E-state index < -0.39 is 0 Å². The van der Waals surface area contributed by atoms with E-state index in [1.165, 1.54) is 53.9 Å². The van der Waals surface area contributed by atoms with E-state index in [9.17, 15) is 0 Å². The largest absolute Gasteiger partial charge is 0.399 e. The molecule has 0 saturated heterocycles. The zero-order valence-corrected chi connectivity index (χ0v) is 12.4. The van der Waals surface area contributed by atoms with Crippen molar-refractivity contribution < 1.29 is 0 Å². The molecule has 0 aliphatic rings. The number of anilines is 1. The summed E-state index contributed by atoms with van der Waals surface area (Å²) in [6, 6.07) is 24.2. The SMILES string of the molecule is Nc1cc2ccc3cc4cccc5ccc6cc(c1)c2c3c6c54. The van der Waals surface area contributed by atoms with E-state index in [-0.39, 0.29) is 0 Å². The van der Waals surface area contributed by atoms with Crippen molar-refractivity contribution in [3.8, 4) is 0 Å². The second kappa shape index (κ2) is 3.64. The van der Waals surface area contributed by atoms with Gasteiger partial charge in [0, 0.05) is 5.69 Å². The van der Waals surface area contributed by atoms with Crippen LogP contribution < -0.4 is 5.73 Å². The summed E-state index contributed by atoms with van der Waals surface area (Å²) in [6.45, 7) is 0. The molecule has 0 unspecified atom stereocenters. The molecule has 6 rings (SSSR count). The lowest BCUT2D eigenvalue weighted by Gasteiger charge is -2.17. The average molecular weight is 291 g/mol. The quantitative estimate of drug-likeness (QED) is 0.210. The number of rotatable bonds is 0. The fraction of sp³-hybridized carbons (Fsp3) is 0. The highest BCUT2D eigenvalue weighted by atomic mass is 14.5. The minimum absolute atomic E-state index is 0.827. The predicted octanol–water partition coefficient (Wildman–Crippen LogP) is 5.91. The molecule has 0 saturated carbocycles. The van der Waals surface area contributed by atoms with Crippen LogP contribution in [0.2, 0.25) is 0 Å². The highest BCUT2D eigenvalue weighted by Crippen LogP contribution is 2.43. The Morgan fingerprint density at radius 2 is 0.913 bits per heavy atom. The van der Waals surface area contributed by atoms with Gasteiger partial charge in [0.05, 0.1) is 0 Å². The van der Waals surface area contributed by atoms with Crippen LogP contribution in [0.4, 0.5) is 5.69 Å². The van der Waals surface area contributed by atoms with Crippen molar-refractivity contribution in [1.82, 2.24) is 0 Å². The maximum atomic E-state index is 6.11. The second-order valence-electron chi connectivity index (χ2n) is 6.50. The smallest absolute Gasteiger partial charge is 0.0326 e. The molecule has 0 radical (unpaired) electrons. The standard InChI is InChI=1S/C22H13N/c23-18-10-16-7-6-14-8-13-3-1-2-12-4-5-15-9-17(11-18)20(16)22(14)21(15)19(12)13/h1-11H,23H2. The Kier molecular flexibility index (Phi) is 1.82. The van der Waals surface area contributed by atoms with Gasteiger partial charge in [-0.2, -0.15) is 0 Å². The van der Waals surface area contributed by atoms with Gasteiger partial charge in [-0.1, -0.05) is 42.5 Å². The third-order valence-corrected chi connectivity index (χ3v) is 5.18. The molecule has 0 atom stereocenters. The normalized spacial score (nSPS) is 12.5. The van der Waals surface area contributed by atoms with Crippen molar-refractivity contribution in [2.75, 3.05) is 5.73 Å². The molecule has 6 aromatic carbocycles. The van der Waals surface area contributed by atoms with Crippen LogP contribution in [0.15, 0.2) is 66.7 Å². The van der Waals surface area contributed by atoms with E-state index in [1.807, 2.05) is 0 Å². The molecule has 23 heavy (non-hydrogen) atoms. The van der Waals surface area contributed by atoms with Gasteiger partial charge >= 0.3 is 0 Å². The van der Waals surface area contributed by atoms with E-state index in [4.69, 9.17) is 5.73 Å². The Labute approximate surface area is 132 Å². The van der Waals surface area contributed by atoms with Gasteiger partial charge in [0.1, 0.15) is 0 Å². The summed E-state index contributed by atoms with van der Waals surface area (Å²) < 4.78 is 0. The Hall–Kier alpha value is -3.06. The van der Waals surface area contributed by atoms with Crippen LogP contribution in [-0.4, -0.2) is 0 Å². The van der Waals surface area contributed by atoms with E-state index in [2.05, 4.69) is 66.7 Å². The van der Waals surface area contributed by atoms with Crippen LogP contribution in [0.5, 0.6) is 0 Å². The average Bonchev–Trinajstić information content (AvgIpc) is 2.56. The molecule has 106 valence electrons. The maximum Gasteiger partial charge on any atom is 0.0326 e. The fourth-order valence-corrected chi connectivity index (χ4v) is 4.31. The minimum Gasteiger partial charge on any atom is -0.399 e. The van der Waals surface area contributed by atoms with Crippen molar-refractivity contribution in [3.05, 3.63) is 66.7 Å². The predicted molar refractivity (Wildman–Crippen MR) is 101 cm³/mol. The van der Waals surface area contributed by atoms with Crippen LogP contribution in [0.3, 0.4) is 0 Å². The Balaban J connectivity index is 2.11. The molecule has 0 fully saturated rings. The van der Waals surface area contributed by atoms with E-state index in [1.54, 1.807) is 0 Å². The molecule has 0 aliphatic carbocycles. The van der Waals surface area contributed by atoms with Gasteiger partial charge in [-0.05, 0) is 78.1 Å². The summed E-state index contributed by atoms with van der Waals surface area (Å²) in [6.07, 6.45) is 0. The molecule has 2 N–H and O–H groups in total. The van der Waals surface area contributed by atoms with Crippen LogP contribution >= 0.6 is 0 Å². The van der Waals surface area contributed by atoms with Gasteiger partial charge in [0.15, 0.2) is 0 Å². The molecule has 0 amide bonds. The number of hydrogen-bond acceptors (Lipinski definition) is 1. The van der Waals surface area contributed by atoms with E-state index >= 15 is 0 Å². The number of hydrogen-bond donors (Lipinski definition) is 1. The third-order valence-electron chi connectivity index (χ3n) is 5.18. The number of nitrogen functional groups attached to an aromatic ring is 1. The second-order valence-corrected chi connectivity index (χ2v) is 6.50. The van der Waals surface area contributed by atoms with Crippen LogP contribution in [-0.2, 0) is 0 Å². The van der Waals surface area contributed by atoms with Crippen LogP contribution in [0, 0.1) is 0 Å². The molecular formula is C22H13N. The highest BCUT2D eigenvalue weighted by Gasteiger charge is 2.15. The van der Waals surface area contributed by atoms with E-state index in [0.717, 1.165) is 5.69 Å². The molecule has 0 heterocycles.